The van der Waals surface area contributed by atoms with Crippen LogP contribution in [0.15, 0.2) is 30.3 Å². The maximum atomic E-state index is 12.8. The molecule has 2 saturated heterocycles. The van der Waals surface area contributed by atoms with Gasteiger partial charge < -0.3 is 15.5 Å². The SMILES string of the molecule is O=C(N[C@@H](CO)[C@@H](O)c1ccccc1)[C@@H]1CCCN2CCCC[C@H]12. The lowest BCUT2D eigenvalue weighted by Gasteiger charge is -2.44. The van der Waals surface area contributed by atoms with Crippen molar-refractivity contribution in [3.8, 4) is 0 Å². The minimum Gasteiger partial charge on any atom is -0.394 e. The summed E-state index contributed by atoms with van der Waals surface area (Å²) in [6.07, 6.45) is 4.51. The average molecular weight is 332 g/mol. The molecule has 5 heteroatoms. The number of rotatable bonds is 5. The first-order valence-electron chi connectivity index (χ1n) is 9.09. The summed E-state index contributed by atoms with van der Waals surface area (Å²) in [5, 5.41) is 23.0. The molecule has 0 spiro atoms. The van der Waals surface area contributed by atoms with Crippen LogP contribution in [0.2, 0.25) is 0 Å². The molecule has 1 aromatic carbocycles. The number of hydrogen-bond acceptors (Lipinski definition) is 4. The zero-order valence-electron chi connectivity index (χ0n) is 14.1. The van der Waals surface area contributed by atoms with Crippen LogP contribution in [-0.2, 0) is 4.79 Å². The Morgan fingerprint density at radius 2 is 1.92 bits per heavy atom. The number of hydrogen-bond donors (Lipinski definition) is 3. The normalized spacial score (nSPS) is 27.1. The number of benzene rings is 1. The van der Waals surface area contributed by atoms with Gasteiger partial charge in [0.15, 0.2) is 0 Å². The van der Waals surface area contributed by atoms with Gasteiger partial charge in [-0.05, 0) is 44.3 Å². The summed E-state index contributed by atoms with van der Waals surface area (Å²) in [6.45, 7) is 1.90. The van der Waals surface area contributed by atoms with Crippen molar-refractivity contribution in [2.24, 2.45) is 5.92 Å². The van der Waals surface area contributed by atoms with E-state index in [9.17, 15) is 15.0 Å². The van der Waals surface area contributed by atoms with Gasteiger partial charge >= 0.3 is 0 Å². The molecule has 0 radical (unpaired) electrons. The van der Waals surface area contributed by atoms with Crippen LogP contribution in [-0.4, -0.2) is 52.8 Å². The first-order valence-corrected chi connectivity index (χ1v) is 9.09. The highest BCUT2D eigenvalue weighted by molar-refractivity contribution is 5.80. The molecule has 2 aliphatic rings. The van der Waals surface area contributed by atoms with Crippen LogP contribution in [0.25, 0.3) is 0 Å². The lowest BCUT2D eigenvalue weighted by atomic mass is 9.82. The highest BCUT2D eigenvalue weighted by Gasteiger charge is 2.38. The summed E-state index contributed by atoms with van der Waals surface area (Å²) in [7, 11) is 0. The molecular weight excluding hydrogens is 304 g/mol. The third-order valence-electron chi connectivity index (χ3n) is 5.47. The average Bonchev–Trinajstić information content (AvgIpc) is 2.65. The Morgan fingerprint density at radius 3 is 2.67 bits per heavy atom. The number of nitrogens with zero attached hydrogens (tertiary/aromatic N) is 1. The van der Waals surface area contributed by atoms with Gasteiger partial charge in [0.1, 0.15) is 6.10 Å². The fourth-order valence-electron chi connectivity index (χ4n) is 4.16. The molecule has 24 heavy (non-hydrogen) atoms. The van der Waals surface area contributed by atoms with E-state index < -0.39 is 12.1 Å². The number of aliphatic hydroxyl groups is 2. The molecule has 3 N–H and O–H groups in total. The second-order valence-corrected chi connectivity index (χ2v) is 7.00. The van der Waals surface area contributed by atoms with Crippen LogP contribution in [0, 0.1) is 5.92 Å². The number of carbonyl (C=O) groups excluding carboxylic acids is 1. The largest absolute Gasteiger partial charge is 0.394 e. The summed E-state index contributed by atoms with van der Waals surface area (Å²) in [5.41, 5.74) is 0.708. The molecule has 0 unspecified atom stereocenters. The van der Waals surface area contributed by atoms with E-state index in [4.69, 9.17) is 0 Å². The van der Waals surface area contributed by atoms with Crippen molar-refractivity contribution in [3.63, 3.8) is 0 Å². The van der Waals surface area contributed by atoms with Gasteiger partial charge in [-0.1, -0.05) is 36.8 Å². The van der Waals surface area contributed by atoms with E-state index in [2.05, 4.69) is 10.2 Å². The highest BCUT2D eigenvalue weighted by atomic mass is 16.3. The van der Waals surface area contributed by atoms with Crippen LogP contribution in [0.3, 0.4) is 0 Å². The van der Waals surface area contributed by atoms with Crippen molar-refractivity contribution in [1.29, 1.82) is 0 Å². The number of amides is 1. The van der Waals surface area contributed by atoms with Crippen LogP contribution in [0.4, 0.5) is 0 Å². The van der Waals surface area contributed by atoms with Crippen molar-refractivity contribution in [3.05, 3.63) is 35.9 Å². The Labute approximate surface area is 143 Å². The first-order chi connectivity index (χ1) is 11.7. The summed E-state index contributed by atoms with van der Waals surface area (Å²) >= 11 is 0. The Bertz CT molecular complexity index is 535. The molecule has 5 nitrogen and oxygen atoms in total. The van der Waals surface area contributed by atoms with Crippen LogP contribution >= 0.6 is 0 Å². The van der Waals surface area contributed by atoms with E-state index in [1.807, 2.05) is 30.3 Å². The maximum Gasteiger partial charge on any atom is 0.225 e. The van der Waals surface area contributed by atoms with Gasteiger partial charge in [0.25, 0.3) is 0 Å². The first kappa shape index (κ1) is 17.4. The van der Waals surface area contributed by atoms with Crippen LogP contribution < -0.4 is 5.32 Å². The third kappa shape index (κ3) is 3.79. The van der Waals surface area contributed by atoms with E-state index in [1.54, 1.807) is 0 Å². The maximum absolute atomic E-state index is 12.8. The number of piperidine rings is 2. The van der Waals surface area contributed by atoms with E-state index >= 15 is 0 Å². The Hall–Kier alpha value is -1.43. The van der Waals surface area contributed by atoms with Gasteiger partial charge in [0, 0.05) is 6.04 Å². The van der Waals surface area contributed by atoms with Gasteiger partial charge in [-0.15, -0.1) is 0 Å². The second-order valence-electron chi connectivity index (χ2n) is 7.00. The summed E-state index contributed by atoms with van der Waals surface area (Å²) in [6, 6.07) is 8.83. The molecular formula is C19H28N2O3. The molecule has 3 rings (SSSR count). The summed E-state index contributed by atoms with van der Waals surface area (Å²) < 4.78 is 0. The van der Waals surface area contributed by atoms with Crippen LogP contribution in [0.1, 0.15) is 43.8 Å². The number of carbonyl (C=O) groups is 1. The smallest absolute Gasteiger partial charge is 0.225 e. The highest BCUT2D eigenvalue weighted by Crippen LogP contribution is 2.31. The zero-order valence-corrected chi connectivity index (χ0v) is 14.1. The number of nitrogens with one attached hydrogen (secondary N) is 1. The molecule has 1 amide bonds. The molecule has 4 atom stereocenters. The number of fused-ring (bicyclic) bond motifs is 1. The Kier molecular flexibility index (Phi) is 5.87. The molecule has 0 aliphatic carbocycles. The molecule has 0 saturated carbocycles. The van der Waals surface area contributed by atoms with Gasteiger partial charge in [-0.25, -0.2) is 0 Å². The second kappa shape index (κ2) is 8.10. The Morgan fingerprint density at radius 1 is 1.17 bits per heavy atom. The van der Waals surface area contributed by atoms with Crippen molar-refractivity contribution < 1.29 is 15.0 Å². The predicted octanol–water partition coefficient (Wildman–Crippen LogP) is 1.46. The zero-order chi connectivity index (χ0) is 16.9. The van der Waals surface area contributed by atoms with Crippen molar-refractivity contribution in [1.82, 2.24) is 10.2 Å². The van der Waals surface area contributed by atoms with Gasteiger partial charge in [-0.3, -0.25) is 9.69 Å². The lowest BCUT2D eigenvalue weighted by molar-refractivity contribution is -0.131. The van der Waals surface area contributed by atoms with E-state index in [0.29, 0.717) is 11.6 Å². The fourth-order valence-corrected chi connectivity index (χ4v) is 4.16. The third-order valence-corrected chi connectivity index (χ3v) is 5.47. The molecule has 0 bridgehead atoms. The predicted molar refractivity (Wildman–Crippen MR) is 92.4 cm³/mol. The van der Waals surface area contributed by atoms with Gasteiger partial charge in [-0.2, -0.15) is 0 Å². The van der Waals surface area contributed by atoms with Crippen molar-refractivity contribution in [2.75, 3.05) is 19.7 Å². The van der Waals surface area contributed by atoms with Crippen LogP contribution in [0.5, 0.6) is 0 Å². The van der Waals surface area contributed by atoms with Gasteiger partial charge in [0.05, 0.1) is 18.6 Å². The summed E-state index contributed by atoms with van der Waals surface area (Å²) in [5.74, 6) is -0.0586. The monoisotopic (exact) mass is 332 g/mol. The minimum atomic E-state index is -0.897. The summed E-state index contributed by atoms with van der Waals surface area (Å²) in [4.78, 5) is 15.2. The minimum absolute atomic E-state index is 0.0272. The quantitative estimate of drug-likeness (QED) is 0.763. The molecule has 2 heterocycles. The fraction of sp³-hybridized carbons (Fsp3) is 0.632. The standard InChI is InChI=1S/C19H28N2O3/c22-13-16(18(23)14-7-2-1-3-8-14)20-19(24)15-9-6-12-21-11-5-4-10-17(15)21/h1-3,7-8,15-18,22-23H,4-6,9-13H2,(H,20,24)/t15-,16+,17-,18+/m1/s1. The van der Waals surface area contributed by atoms with E-state index in [1.165, 1.54) is 12.8 Å². The van der Waals surface area contributed by atoms with E-state index in [-0.39, 0.29) is 18.4 Å². The Balaban J connectivity index is 1.65. The molecule has 2 fully saturated rings. The van der Waals surface area contributed by atoms with Crippen molar-refractivity contribution >= 4 is 5.91 Å². The molecule has 1 aromatic rings. The molecule has 2 aliphatic heterocycles. The molecule has 0 aromatic heterocycles. The van der Waals surface area contributed by atoms with Crippen molar-refractivity contribution in [2.45, 2.75) is 50.3 Å². The topological polar surface area (TPSA) is 72.8 Å². The van der Waals surface area contributed by atoms with E-state index in [0.717, 1.165) is 32.4 Å². The number of aliphatic hydroxyl groups excluding tert-OH is 2. The lowest BCUT2D eigenvalue weighted by Crippen LogP contribution is -2.54. The molecule has 132 valence electrons. The van der Waals surface area contributed by atoms with Gasteiger partial charge in [0.2, 0.25) is 5.91 Å².